The topological polar surface area (TPSA) is 69.0 Å². The standard InChI is InChI=1S/C22H17ClN4O3/c1-26(15-8-6-14(23)7-9-15)21(28)19-18(25-22-24-10-3-11-27(19)22)16-4-2-5-17-20(16)30-13-12-29-17/h2-11H,12-13H2,1H3. The first-order chi connectivity index (χ1) is 14.6. The molecule has 0 aliphatic carbocycles. The van der Waals surface area contributed by atoms with Crippen molar-refractivity contribution in [3.8, 4) is 22.8 Å². The summed E-state index contributed by atoms with van der Waals surface area (Å²) in [5, 5.41) is 0.604. The third kappa shape index (κ3) is 3.04. The fraction of sp³-hybridized carbons (Fsp3) is 0.136. The molecule has 3 heterocycles. The molecule has 150 valence electrons. The van der Waals surface area contributed by atoms with Gasteiger partial charge < -0.3 is 14.4 Å². The molecule has 0 bridgehead atoms. The number of imidazole rings is 1. The molecule has 0 fully saturated rings. The Hall–Kier alpha value is -3.58. The molecule has 0 saturated heterocycles. The highest BCUT2D eigenvalue weighted by molar-refractivity contribution is 6.30. The molecule has 2 aromatic heterocycles. The number of ether oxygens (including phenoxy) is 2. The van der Waals surface area contributed by atoms with Crippen LogP contribution in [0.3, 0.4) is 0 Å². The Morgan fingerprint density at radius 2 is 1.90 bits per heavy atom. The second kappa shape index (κ2) is 7.35. The smallest absolute Gasteiger partial charge is 0.277 e. The predicted octanol–water partition coefficient (Wildman–Crippen LogP) is 4.10. The van der Waals surface area contributed by atoms with Crippen molar-refractivity contribution in [3.05, 3.63) is 71.6 Å². The van der Waals surface area contributed by atoms with Gasteiger partial charge in [0.2, 0.25) is 5.78 Å². The molecule has 5 rings (SSSR count). The van der Waals surface area contributed by atoms with E-state index >= 15 is 0 Å². The average Bonchev–Trinajstić information content (AvgIpc) is 3.17. The lowest BCUT2D eigenvalue weighted by Crippen LogP contribution is -2.28. The zero-order chi connectivity index (χ0) is 20.7. The molecule has 0 radical (unpaired) electrons. The number of carbonyl (C=O) groups is 1. The second-order valence-corrected chi connectivity index (χ2v) is 7.21. The number of carbonyl (C=O) groups excluding carboxylic acids is 1. The van der Waals surface area contributed by atoms with Crippen molar-refractivity contribution >= 4 is 29.0 Å². The van der Waals surface area contributed by atoms with Crippen molar-refractivity contribution in [3.63, 3.8) is 0 Å². The zero-order valence-corrected chi connectivity index (χ0v) is 16.8. The number of benzene rings is 2. The number of rotatable bonds is 3. The number of hydrogen-bond donors (Lipinski definition) is 0. The van der Waals surface area contributed by atoms with Crippen LogP contribution in [-0.4, -0.2) is 40.5 Å². The summed E-state index contributed by atoms with van der Waals surface area (Å²) in [6.45, 7) is 0.915. The van der Waals surface area contributed by atoms with Crippen molar-refractivity contribution in [2.24, 2.45) is 0 Å². The van der Waals surface area contributed by atoms with Gasteiger partial charge in [0, 0.05) is 35.7 Å². The molecule has 1 aliphatic heterocycles. The van der Waals surface area contributed by atoms with Gasteiger partial charge in [-0.3, -0.25) is 9.20 Å². The van der Waals surface area contributed by atoms with Crippen LogP contribution in [0.1, 0.15) is 10.5 Å². The van der Waals surface area contributed by atoms with Crippen molar-refractivity contribution in [2.75, 3.05) is 25.2 Å². The van der Waals surface area contributed by atoms with Crippen molar-refractivity contribution < 1.29 is 14.3 Å². The number of amides is 1. The maximum absolute atomic E-state index is 13.6. The van der Waals surface area contributed by atoms with Gasteiger partial charge in [-0.1, -0.05) is 17.7 Å². The van der Waals surface area contributed by atoms with Gasteiger partial charge in [0.1, 0.15) is 24.6 Å². The van der Waals surface area contributed by atoms with Gasteiger partial charge in [0.25, 0.3) is 5.91 Å². The third-order valence-electron chi connectivity index (χ3n) is 4.95. The molecule has 0 atom stereocenters. The predicted molar refractivity (Wildman–Crippen MR) is 114 cm³/mol. The minimum atomic E-state index is -0.234. The van der Waals surface area contributed by atoms with Gasteiger partial charge in [-0.05, 0) is 42.5 Å². The van der Waals surface area contributed by atoms with Crippen LogP contribution in [0, 0.1) is 0 Å². The van der Waals surface area contributed by atoms with Crippen molar-refractivity contribution in [2.45, 2.75) is 0 Å². The van der Waals surface area contributed by atoms with Gasteiger partial charge in [-0.2, -0.15) is 0 Å². The Labute approximate surface area is 177 Å². The summed E-state index contributed by atoms with van der Waals surface area (Å²) in [4.78, 5) is 24.1. The van der Waals surface area contributed by atoms with E-state index in [1.165, 1.54) is 0 Å². The van der Waals surface area contributed by atoms with Crippen molar-refractivity contribution in [1.82, 2.24) is 14.4 Å². The number of aromatic nitrogens is 3. The van der Waals surface area contributed by atoms with Crippen molar-refractivity contribution in [1.29, 1.82) is 0 Å². The molecule has 2 aromatic carbocycles. The molecule has 1 aliphatic rings. The van der Waals surface area contributed by atoms with Crippen LogP contribution in [0.15, 0.2) is 60.9 Å². The molecule has 0 unspecified atom stereocenters. The first kappa shape index (κ1) is 18.4. The molecular weight excluding hydrogens is 404 g/mol. The summed E-state index contributed by atoms with van der Waals surface area (Å²) < 4.78 is 13.3. The number of nitrogens with zero attached hydrogens (tertiary/aromatic N) is 4. The van der Waals surface area contributed by atoms with E-state index in [1.807, 2.05) is 18.2 Å². The van der Waals surface area contributed by atoms with Gasteiger partial charge in [0.05, 0.1) is 0 Å². The SMILES string of the molecule is CN(C(=O)c1c(-c2cccc3c2OCCO3)nc2ncccn12)c1ccc(Cl)cc1. The molecule has 0 N–H and O–H groups in total. The maximum atomic E-state index is 13.6. The molecule has 8 heteroatoms. The summed E-state index contributed by atoms with van der Waals surface area (Å²) >= 11 is 5.99. The quantitative estimate of drug-likeness (QED) is 0.499. The minimum absolute atomic E-state index is 0.234. The fourth-order valence-corrected chi connectivity index (χ4v) is 3.61. The summed E-state index contributed by atoms with van der Waals surface area (Å²) in [5.41, 5.74) is 2.27. The lowest BCUT2D eigenvalue weighted by atomic mass is 10.1. The number of anilines is 1. The van der Waals surface area contributed by atoms with E-state index in [0.717, 1.165) is 0 Å². The normalized spacial score (nSPS) is 12.7. The second-order valence-electron chi connectivity index (χ2n) is 6.77. The monoisotopic (exact) mass is 420 g/mol. The molecule has 30 heavy (non-hydrogen) atoms. The molecule has 7 nitrogen and oxygen atoms in total. The Bertz CT molecular complexity index is 1250. The highest BCUT2D eigenvalue weighted by Crippen LogP contribution is 2.41. The van der Waals surface area contributed by atoms with Crippen LogP contribution in [-0.2, 0) is 0 Å². The Kier molecular flexibility index (Phi) is 4.52. The van der Waals surface area contributed by atoms with Crippen LogP contribution in [0.2, 0.25) is 5.02 Å². The van der Waals surface area contributed by atoms with Gasteiger partial charge in [-0.15, -0.1) is 0 Å². The Morgan fingerprint density at radius 3 is 2.73 bits per heavy atom. The zero-order valence-electron chi connectivity index (χ0n) is 16.1. The van der Waals surface area contributed by atoms with Crippen LogP contribution in [0.5, 0.6) is 11.5 Å². The largest absolute Gasteiger partial charge is 0.486 e. The van der Waals surface area contributed by atoms with E-state index in [4.69, 9.17) is 21.1 Å². The lowest BCUT2D eigenvalue weighted by molar-refractivity contribution is 0.0988. The molecule has 0 spiro atoms. The number of hydrogen-bond acceptors (Lipinski definition) is 5. The maximum Gasteiger partial charge on any atom is 0.277 e. The van der Waals surface area contributed by atoms with E-state index in [2.05, 4.69) is 9.97 Å². The fourth-order valence-electron chi connectivity index (χ4n) is 3.48. The van der Waals surface area contributed by atoms with E-state index in [9.17, 15) is 4.79 Å². The Balaban J connectivity index is 1.69. The number of halogens is 1. The first-order valence-corrected chi connectivity index (χ1v) is 9.77. The highest BCUT2D eigenvalue weighted by Gasteiger charge is 2.28. The molecule has 4 aromatic rings. The van der Waals surface area contributed by atoms with Gasteiger partial charge in [0.15, 0.2) is 11.5 Å². The lowest BCUT2D eigenvalue weighted by Gasteiger charge is -2.21. The van der Waals surface area contributed by atoms with Gasteiger partial charge >= 0.3 is 0 Å². The summed E-state index contributed by atoms with van der Waals surface area (Å²) in [6.07, 6.45) is 3.41. The van der Waals surface area contributed by atoms with Crippen LogP contribution < -0.4 is 14.4 Å². The van der Waals surface area contributed by atoms with Gasteiger partial charge in [-0.25, -0.2) is 9.97 Å². The van der Waals surface area contributed by atoms with E-state index in [0.29, 0.717) is 58.2 Å². The van der Waals surface area contributed by atoms with Crippen LogP contribution >= 0.6 is 11.6 Å². The van der Waals surface area contributed by atoms with Crippen LogP contribution in [0.4, 0.5) is 5.69 Å². The summed E-state index contributed by atoms with van der Waals surface area (Å²) in [7, 11) is 1.71. The Morgan fingerprint density at radius 1 is 1.10 bits per heavy atom. The number of fused-ring (bicyclic) bond motifs is 2. The van der Waals surface area contributed by atoms with Crippen LogP contribution in [0.25, 0.3) is 17.0 Å². The third-order valence-corrected chi connectivity index (χ3v) is 5.20. The molecular formula is C22H17ClN4O3. The molecule has 1 amide bonds. The van der Waals surface area contributed by atoms with E-state index < -0.39 is 0 Å². The summed E-state index contributed by atoms with van der Waals surface area (Å²) in [5.74, 6) is 1.40. The first-order valence-electron chi connectivity index (χ1n) is 9.39. The number of para-hydroxylation sites is 1. The van der Waals surface area contributed by atoms with E-state index in [-0.39, 0.29) is 5.91 Å². The highest BCUT2D eigenvalue weighted by atomic mass is 35.5. The summed E-state index contributed by atoms with van der Waals surface area (Å²) in [6, 6.07) is 14.4. The molecule has 0 saturated carbocycles. The average molecular weight is 421 g/mol. The van der Waals surface area contributed by atoms with E-state index in [1.54, 1.807) is 59.1 Å². The minimum Gasteiger partial charge on any atom is -0.486 e.